The molecule has 6 heteroatoms. The zero-order valence-corrected chi connectivity index (χ0v) is 16.6. The Morgan fingerprint density at radius 3 is 2.00 bits per heavy atom. The van der Waals surface area contributed by atoms with Crippen molar-refractivity contribution in [1.82, 2.24) is 14.7 Å². The number of para-hydroxylation sites is 1. The number of nitrogens with zero attached hydrogens (tertiary/aromatic N) is 4. The summed E-state index contributed by atoms with van der Waals surface area (Å²) in [6.07, 6.45) is 0. The number of carbonyl (C=O) groups is 1. The summed E-state index contributed by atoms with van der Waals surface area (Å²) in [7, 11) is 0. The second-order valence-electron chi connectivity index (χ2n) is 7.28. The molecule has 1 amide bonds. The average molecular weight is 385 g/mol. The second kappa shape index (κ2) is 8.87. The predicted octanol–water partition coefficient (Wildman–Crippen LogP) is 2.33. The Kier molecular flexibility index (Phi) is 6.07. The molecule has 2 aliphatic heterocycles. The van der Waals surface area contributed by atoms with E-state index < -0.39 is 0 Å². The van der Waals surface area contributed by atoms with Gasteiger partial charge in [0.05, 0.1) is 4.88 Å². The Bertz CT molecular complexity index is 705. The fraction of sp³-hybridized carbons (Fsp3) is 0.476. The number of hydrogen-bond acceptors (Lipinski definition) is 5. The van der Waals surface area contributed by atoms with Crippen LogP contribution in [0.15, 0.2) is 47.8 Å². The molecule has 0 radical (unpaired) electrons. The van der Waals surface area contributed by atoms with Crippen molar-refractivity contribution in [2.75, 3.05) is 70.3 Å². The highest BCUT2D eigenvalue weighted by molar-refractivity contribution is 7.12. The largest absolute Gasteiger partial charge is 0.369 e. The van der Waals surface area contributed by atoms with Crippen LogP contribution in [0.3, 0.4) is 0 Å². The summed E-state index contributed by atoms with van der Waals surface area (Å²) in [6.45, 7) is 10.4. The molecule has 0 N–H and O–H groups in total. The van der Waals surface area contributed by atoms with Gasteiger partial charge in [-0.05, 0) is 23.6 Å². The molecular weight excluding hydrogens is 356 g/mol. The lowest BCUT2D eigenvalue weighted by atomic mass is 10.2. The van der Waals surface area contributed by atoms with Crippen molar-refractivity contribution in [2.24, 2.45) is 0 Å². The molecule has 0 saturated carbocycles. The molecule has 0 unspecified atom stereocenters. The van der Waals surface area contributed by atoms with Crippen molar-refractivity contribution in [3.8, 4) is 0 Å². The molecular formula is C21H28N4OS. The minimum Gasteiger partial charge on any atom is -0.369 e. The van der Waals surface area contributed by atoms with E-state index in [1.807, 2.05) is 22.4 Å². The first-order valence-electron chi connectivity index (χ1n) is 9.87. The Hall–Kier alpha value is -1.89. The van der Waals surface area contributed by atoms with E-state index in [0.29, 0.717) is 0 Å². The molecule has 0 atom stereocenters. The molecule has 2 saturated heterocycles. The van der Waals surface area contributed by atoms with Gasteiger partial charge in [-0.15, -0.1) is 11.3 Å². The highest BCUT2D eigenvalue weighted by Crippen LogP contribution is 2.16. The van der Waals surface area contributed by atoms with Crippen LogP contribution in [0.4, 0.5) is 5.69 Å². The number of hydrogen-bond donors (Lipinski definition) is 0. The van der Waals surface area contributed by atoms with Gasteiger partial charge in [0.2, 0.25) is 0 Å². The number of anilines is 1. The Labute approximate surface area is 165 Å². The van der Waals surface area contributed by atoms with Crippen LogP contribution in [0.1, 0.15) is 9.67 Å². The van der Waals surface area contributed by atoms with Crippen LogP contribution in [0.5, 0.6) is 0 Å². The minimum absolute atomic E-state index is 0.196. The third-order valence-electron chi connectivity index (χ3n) is 5.62. The molecule has 2 fully saturated rings. The smallest absolute Gasteiger partial charge is 0.264 e. The van der Waals surface area contributed by atoms with Crippen molar-refractivity contribution in [3.05, 3.63) is 52.7 Å². The third-order valence-corrected chi connectivity index (χ3v) is 6.48. The number of carbonyl (C=O) groups excluding carboxylic acids is 1. The molecule has 5 nitrogen and oxygen atoms in total. The topological polar surface area (TPSA) is 30.0 Å². The second-order valence-corrected chi connectivity index (χ2v) is 8.22. The molecule has 2 aliphatic rings. The standard InChI is InChI=1S/C21H28N4OS/c26-21(20-7-4-18-27-20)25-16-12-23(13-17-25)9-8-22-10-14-24(15-11-22)19-5-2-1-3-6-19/h1-7,18H,8-17H2. The van der Waals surface area contributed by atoms with Gasteiger partial charge in [-0.1, -0.05) is 24.3 Å². The van der Waals surface area contributed by atoms with E-state index in [4.69, 9.17) is 0 Å². The summed E-state index contributed by atoms with van der Waals surface area (Å²) in [6, 6.07) is 14.6. The Morgan fingerprint density at radius 2 is 1.41 bits per heavy atom. The first-order chi connectivity index (χ1) is 13.3. The van der Waals surface area contributed by atoms with Gasteiger partial charge in [-0.3, -0.25) is 14.6 Å². The molecule has 4 rings (SSSR count). The fourth-order valence-corrected chi connectivity index (χ4v) is 4.57. The van der Waals surface area contributed by atoms with Gasteiger partial charge in [-0.25, -0.2) is 0 Å². The van der Waals surface area contributed by atoms with Gasteiger partial charge in [0.1, 0.15) is 0 Å². The average Bonchev–Trinajstić information content (AvgIpc) is 3.28. The van der Waals surface area contributed by atoms with Crippen LogP contribution in [-0.4, -0.2) is 86.1 Å². The highest BCUT2D eigenvalue weighted by Gasteiger charge is 2.23. The maximum atomic E-state index is 12.4. The van der Waals surface area contributed by atoms with E-state index in [1.54, 1.807) is 0 Å². The maximum absolute atomic E-state index is 12.4. The first-order valence-corrected chi connectivity index (χ1v) is 10.7. The number of benzene rings is 1. The molecule has 3 heterocycles. The van der Waals surface area contributed by atoms with E-state index in [1.165, 1.54) is 17.0 Å². The molecule has 0 spiro atoms. The SMILES string of the molecule is O=C(c1cccs1)N1CCN(CCN2CCN(c3ccccc3)CC2)CC1. The lowest BCUT2D eigenvalue weighted by Crippen LogP contribution is -2.52. The normalized spacial score (nSPS) is 19.4. The van der Waals surface area contributed by atoms with Crippen molar-refractivity contribution in [1.29, 1.82) is 0 Å². The van der Waals surface area contributed by atoms with Crippen molar-refractivity contribution < 1.29 is 4.79 Å². The molecule has 1 aromatic carbocycles. The molecule has 1 aromatic heterocycles. The summed E-state index contributed by atoms with van der Waals surface area (Å²) in [5, 5.41) is 1.97. The summed E-state index contributed by atoms with van der Waals surface area (Å²) < 4.78 is 0. The first kappa shape index (κ1) is 18.5. The van der Waals surface area contributed by atoms with Crippen molar-refractivity contribution in [2.45, 2.75) is 0 Å². The van der Waals surface area contributed by atoms with Crippen LogP contribution in [-0.2, 0) is 0 Å². The maximum Gasteiger partial charge on any atom is 0.264 e. The van der Waals surface area contributed by atoms with E-state index in [2.05, 4.69) is 45.0 Å². The zero-order chi connectivity index (χ0) is 18.5. The van der Waals surface area contributed by atoms with Gasteiger partial charge in [0.15, 0.2) is 0 Å². The third kappa shape index (κ3) is 4.69. The Morgan fingerprint density at radius 1 is 0.778 bits per heavy atom. The van der Waals surface area contributed by atoms with Crippen LogP contribution < -0.4 is 4.90 Å². The van der Waals surface area contributed by atoms with Crippen molar-refractivity contribution >= 4 is 22.9 Å². The van der Waals surface area contributed by atoms with Gasteiger partial charge in [0.25, 0.3) is 5.91 Å². The monoisotopic (exact) mass is 384 g/mol. The van der Waals surface area contributed by atoms with E-state index >= 15 is 0 Å². The summed E-state index contributed by atoms with van der Waals surface area (Å²) in [5.41, 5.74) is 1.34. The molecule has 27 heavy (non-hydrogen) atoms. The van der Waals surface area contributed by atoms with E-state index in [9.17, 15) is 4.79 Å². The van der Waals surface area contributed by atoms with Crippen LogP contribution in [0.2, 0.25) is 0 Å². The summed E-state index contributed by atoms with van der Waals surface area (Å²) in [5.74, 6) is 0.196. The van der Waals surface area contributed by atoms with Crippen LogP contribution in [0.25, 0.3) is 0 Å². The summed E-state index contributed by atoms with van der Waals surface area (Å²) in [4.78, 5) is 22.8. The van der Waals surface area contributed by atoms with Crippen LogP contribution >= 0.6 is 11.3 Å². The summed E-state index contributed by atoms with van der Waals surface area (Å²) >= 11 is 1.54. The fourth-order valence-electron chi connectivity index (χ4n) is 3.88. The quantitative estimate of drug-likeness (QED) is 0.792. The van der Waals surface area contributed by atoms with Gasteiger partial charge in [0, 0.05) is 71.1 Å². The number of amides is 1. The van der Waals surface area contributed by atoms with Gasteiger partial charge < -0.3 is 9.80 Å². The van der Waals surface area contributed by atoms with E-state index in [0.717, 1.165) is 70.3 Å². The molecule has 0 aliphatic carbocycles. The van der Waals surface area contributed by atoms with Crippen LogP contribution in [0, 0.1) is 0 Å². The number of piperazine rings is 2. The zero-order valence-electron chi connectivity index (χ0n) is 15.8. The Balaban J connectivity index is 1.16. The lowest BCUT2D eigenvalue weighted by molar-refractivity contribution is 0.0626. The van der Waals surface area contributed by atoms with E-state index in [-0.39, 0.29) is 5.91 Å². The minimum atomic E-state index is 0.196. The molecule has 2 aromatic rings. The number of thiophene rings is 1. The van der Waals surface area contributed by atoms with Gasteiger partial charge >= 0.3 is 0 Å². The van der Waals surface area contributed by atoms with Crippen molar-refractivity contribution in [3.63, 3.8) is 0 Å². The molecule has 144 valence electrons. The highest BCUT2D eigenvalue weighted by atomic mass is 32.1. The predicted molar refractivity (Wildman–Crippen MR) is 112 cm³/mol. The van der Waals surface area contributed by atoms with Gasteiger partial charge in [-0.2, -0.15) is 0 Å². The lowest BCUT2D eigenvalue weighted by Gasteiger charge is -2.38. The number of rotatable bonds is 5. The molecule has 0 bridgehead atoms.